The number of hydrogen-bond acceptors (Lipinski definition) is 5. The molecule has 0 saturated carbocycles. The maximum absolute atomic E-state index is 14.0. The van der Waals surface area contributed by atoms with E-state index < -0.39 is 11.6 Å². The van der Waals surface area contributed by atoms with Crippen molar-refractivity contribution in [3.05, 3.63) is 41.5 Å². The van der Waals surface area contributed by atoms with Crippen molar-refractivity contribution in [2.75, 3.05) is 31.1 Å². The number of aryl methyl sites for hydroxylation is 1. The van der Waals surface area contributed by atoms with Gasteiger partial charge in [0.05, 0.1) is 6.54 Å². The summed E-state index contributed by atoms with van der Waals surface area (Å²) in [7, 11) is 0. The Morgan fingerprint density at radius 1 is 1.36 bits per heavy atom. The van der Waals surface area contributed by atoms with E-state index in [4.69, 9.17) is 4.52 Å². The summed E-state index contributed by atoms with van der Waals surface area (Å²) in [5.41, 5.74) is 0.0375. The van der Waals surface area contributed by atoms with Crippen LogP contribution >= 0.6 is 24.0 Å². The van der Waals surface area contributed by atoms with Crippen LogP contribution in [0, 0.1) is 18.6 Å². The quantitative estimate of drug-likeness (QED) is 0.357. The number of anilines is 1. The van der Waals surface area contributed by atoms with E-state index in [1.807, 2.05) is 6.92 Å². The Balaban J connectivity index is 0.00000280. The summed E-state index contributed by atoms with van der Waals surface area (Å²) in [4.78, 5) is 10.4. The van der Waals surface area contributed by atoms with Gasteiger partial charge in [-0.3, -0.25) is 4.99 Å². The van der Waals surface area contributed by atoms with Crippen molar-refractivity contribution in [2.45, 2.75) is 32.7 Å². The second kappa shape index (κ2) is 10.5. The van der Waals surface area contributed by atoms with Gasteiger partial charge < -0.3 is 20.1 Å². The SMILES string of the molecule is CCNC(=NCCc1nc(C)no1)NC1CCN(c2c(F)cccc2F)C1.I. The van der Waals surface area contributed by atoms with Crippen molar-refractivity contribution in [3.8, 4) is 0 Å². The first-order chi connectivity index (χ1) is 13.1. The van der Waals surface area contributed by atoms with Crippen LogP contribution in [0.2, 0.25) is 0 Å². The van der Waals surface area contributed by atoms with Crippen LogP contribution in [0.15, 0.2) is 27.7 Å². The predicted molar refractivity (Wildman–Crippen MR) is 114 cm³/mol. The summed E-state index contributed by atoms with van der Waals surface area (Å²) in [6.07, 6.45) is 1.32. The maximum Gasteiger partial charge on any atom is 0.228 e. The van der Waals surface area contributed by atoms with Crippen LogP contribution in [0.4, 0.5) is 14.5 Å². The van der Waals surface area contributed by atoms with Gasteiger partial charge in [-0.2, -0.15) is 4.98 Å². The molecule has 28 heavy (non-hydrogen) atoms. The van der Waals surface area contributed by atoms with Gasteiger partial charge in [0.25, 0.3) is 0 Å². The lowest BCUT2D eigenvalue weighted by Crippen LogP contribution is -2.44. The Morgan fingerprint density at radius 2 is 2.11 bits per heavy atom. The number of para-hydroxylation sites is 1. The van der Waals surface area contributed by atoms with E-state index in [2.05, 4.69) is 25.8 Å². The topological polar surface area (TPSA) is 78.6 Å². The molecule has 1 unspecified atom stereocenters. The molecule has 1 aliphatic rings. The van der Waals surface area contributed by atoms with Crippen LogP contribution in [0.3, 0.4) is 0 Å². The minimum atomic E-state index is -0.536. The zero-order valence-corrected chi connectivity index (χ0v) is 18.2. The van der Waals surface area contributed by atoms with Crippen LogP contribution in [-0.4, -0.2) is 48.3 Å². The van der Waals surface area contributed by atoms with E-state index >= 15 is 0 Å². The van der Waals surface area contributed by atoms with E-state index in [0.29, 0.717) is 50.3 Å². The Labute approximate surface area is 180 Å². The summed E-state index contributed by atoms with van der Waals surface area (Å²) in [5.74, 6) is 0.742. The Hall–Kier alpha value is -1.98. The highest BCUT2D eigenvalue weighted by Crippen LogP contribution is 2.26. The van der Waals surface area contributed by atoms with Crippen LogP contribution in [0.1, 0.15) is 25.1 Å². The van der Waals surface area contributed by atoms with Gasteiger partial charge in [-0.1, -0.05) is 11.2 Å². The van der Waals surface area contributed by atoms with E-state index in [-0.39, 0.29) is 35.7 Å². The lowest BCUT2D eigenvalue weighted by atomic mass is 10.2. The van der Waals surface area contributed by atoms with Gasteiger partial charge >= 0.3 is 0 Å². The van der Waals surface area contributed by atoms with E-state index in [0.717, 1.165) is 6.42 Å². The zero-order chi connectivity index (χ0) is 19.2. The van der Waals surface area contributed by atoms with Gasteiger partial charge in [0.1, 0.15) is 17.3 Å². The fourth-order valence-corrected chi connectivity index (χ4v) is 3.09. The fraction of sp³-hybridized carbons (Fsp3) is 0.500. The predicted octanol–water partition coefficient (Wildman–Crippen LogP) is 2.65. The van der Waals surface area contributed by atoms with Crippen molar-refractivity contribution in [1.82, 2.24) is 20.8 Å². The smallest absolute Gasteiger partial charge is 0.228 e. The number of nitrogens with zero attached hydrogens (tertiary/aromatic N) is 4. The van der Waals surface area contributed by atoms with E-state index in [9.17, 15) is 8.78 Å². The molecular weight excluding hydrogens is 481 g/mol. The third-order valence-electron chi connectivity index (χ3n) is 4.29. The van der Waals surface area contributed by atoms with Gasteiger partial charge in [0.2, 0.25) is 5.89 Å². The summed E-state index contributed by atoms with van der Waals surface area (Å²) >= 11 is 0. The summed E-state index contributed by atoms with van der Waals surface area (Å²) in [6, 6.07) is 3.99. The molecule has 2 N–H and O–H groups in total. The average Bonchev–Trinajstić information content (AvgIpc) is 3.24. The molecule has 0 aliphatic carbocycles. The van der Waals surface area contributed by atoms with Crippen LogP contribution in [0.25, 0.3) is 0 Å². The van der Waals surface area contributed by atoms with Crippen LogP contribution in [0.5, 0.6) is 0 Å². The van der Waals surface area contributed by atoms with Crippen LogP contribution < -0.4 is 15.5 Å². The number of halogens is 3. The fourth-order valence-electron chi connectivity index (χ4n) is 3.09. The molecule has 0 bridgehead atoms. The highest BCUT2D eigenvalue weighted by atomic mass is 127. The number of benzene rings is 1. The molecule has 3 rings (SSSR count). The van der Waals surface area contributed by atoms with E-state index in [1.165, 1.54) is 18.2 Å². The number of rotatable bonds is 6. The van der Waals surface area contributed by atoms with Crippen molar-refractivity contribution in [2.24, 2.45) is 4.99 Å². The lowest BCUT2D eigenvalue weighted by Gasteiger charge is -2.21. The molecule has 1 aliphatic heterocycles. The third-order valence-corrected chi connectivity index (χ3v) is 4.29. The first kappa shape index (κ1) is 22.3. The van der Waals surface area contributed by atoms with Gasteiger partial charge in [-0.25, -0.2) is 8.78 Å². The van der Waals surface area contributed by atoms with Crippen LogP contribution in [-0.2, 0) is 6.42 Å². The molecule has 1 aromatic carbocycles. The molecule has 0 radical (unpaired) electrons. The van der Waals surface area contributed by atoms with Crippen molar-refractivity contribution >= 4 is 35.6 Å². The first-order valence-electron chi connectivity index (χ1n) is 9.09. The summed E-state index contributed by atoms with van der Waals surface area (Å²) in [6.45, 7) is 6.04. The molecule has 1 saturated heterocycles. The van der Waals surface area contributed by atoms with Gasteiger partial charge in [-0.05, 0) is 32.4 Å². The van der Waals surface area contributed by atoms with Gasteiger partial charge in [-0.15, -0.1) is 24.0 Å². The Kier molecular flexibility index (Phi) is 8.39. The van der Waals surface area contributed by atoms with Gasteiger partial charge in [0, 0.05) is 32.1 Å². The zero-order valence-electron chi connectivity index (χ0n) is 15.9. The summed E-state index contributed by atoms with van der Waals surface area (Å²) < 4.78 is 33.0. The highest BCUT2D eigenvalue weighted by Gasteiger charge is 2.27. The minimum Gasteiger partial charge on any atom is -0.365 e. The molecule has 2 heterocycles. The van der Waals surface area contributed by atoms with Crippen molar-refractivity contribution in [1.29, 1.82) is 0 Å². The molecule has 0 amide bonds. The molecule has 7 nitrogen and oxygen atoms in total. The van der Waals surface area contributed by atoms with E-state index in [1.54, 1.807) is 11.8 Å². The average molecular weight is 506 g/mol. The molecule has 1 atom stereocenters. The molecule has 1 fully saturated rings. The normalized spacial score (nSPS) is 16.8. The lowest BCUT2D eigenvalue weighted by molar-refractivity contribution is 0.376. The second-order valence-corrected chi connectivity index (χ2v) is 6.39. The second-order valence-electron chi connectivity index (χ2n) is 6.39. The highest BCUT2D eigenvalue weighted by molar-refractivity contribution is 14.0. The third kappa shape index (κ3) is 5.76. The van der Waals surface area contributed by atoms with Crippen molar-refractivity contribution in [3.63, 3.8) is 0 Å². The van der Waals surface area contributed by atoms with Gasteiger partial charge in [0.15, 0.2) is 11.8 Å². The number of nitrogens with one attached hydrogen (secondary N) is 2. The molecule has 0 spiro atoms. The minimum absolute atomic E-state index is 0. The standard InChI is InChI=1S/C18H24F2N6O.HI/c1-3-21-18(22-9-7-16-23-12(2)25-27-16)24-13-8-10-26(11-13)17-14(19)5-4-6-15(17)20;/h4-6,13H,3,7-11H2,1-2H3,(H2,21,22,24);1H. The summed E-state index contributed by atoms with van der Waals surface area (Å²) in [5, 5.41) is 10.3. The largest absolute Gasteiger partial charge is 0.365 e. The Bertz CT molecular complexity index is 780. The first-order valence-corrected chi connectivity index (χ1v) is 9.09. The molecule has 154 valence electrons. The molecule has 10 heteroatoms. The number of hydrogen-bond donors (Lipinski definition) is 2. The maximum atomic E-state index is 14.0. The molecule has 2 aromatic rings. The van der Waals surface area contributed by atoms with Crippen molar-refractivity contribution < 1.29 is 13.3 Å². The molecular formula is C18H25F2IN6O. The monoisotopic (exact) mass is 506 g/mol. The Morgan fingerprint density at radius 3 is 2.75 bits per heavy atom. The number of guanidine groups is 1. The number of aliphatic imine (C=N–C) groups is 1. The number of aromatic nitrogens is 2. The molecule has 1 aromatic heterocycles.